The fourth-order valence-electron chi connectivity index (χ4n) is 1.69. The van der Waals surface area contributed by atoms with Gasteiger partial charge in [0, 0.05) is 5.57 Å². The maximum Gasteiger partial charge on any atom is 0.248 e. The van der Waals surface area contributed by atoms with E-state index >= 15 is 0 Å². The third-order valence-electron chi connectivity index (χ3n) is 2.79. The van der Waals surface area contributed by atoms with Gasteiger partial charge >= 0.3 is 0 Å². The van der Waals surface area contributed by atoms with Crippen LogP contribution in [0, 0.1) is 5.82 Å². The Bertz CT molecular complexity index is 635. The lowest BCUT2D eigenvalue weighted by molar-refractivity contribution is -0.112. The van der Waals surface area contributed by atoms with Crippen molar-refractivity contribution < 1.29 is 13.9 Å². The first-order chi connectivity index (χ1) is 9.56. The molecule has 0 unspecified atom stereocenters. The number of hydrogen-bond donors (Lipinski definition) is 1. The van der Waals surface area contributed by atoms with Gasteiger partial charge in [0.1, 0.15) is 18.2 Å². The fraction of sp³-hybridized carbons (Fsp3) is 0.0625. The van der Waals surface area contributed by atoms with Gasteiger partial charge in [-0.2, -0.15) is 0 Å². The molecule has 2 N–H and O–H groups in total. The second-order valence-electron chi connectivity index (χ2n) is 4.29. The molecule has 2 aromatic rings. The number of carbonyl (C=O) groups excluding carboxylic acids is 1. The maximum atomic E-state index is 13.0. The molecule has 0 aliphatic rings. The van der Waals surface area contributed by atoms with E-state index < -0.39 is 5.91 Å². The van der Waals surface area contributed by atoms with E-state index in [1.165, 1.54) is 12.1 Å². The topological polar surface area (TPSA) is 52.3 Å². The minimum Gasteiger partial charge on any atom is -0.489 e. The molecule has 0 aliphatic heterocycles. The minimum absolute atomic E-state index is 0.252. The molecule has 0 heterocycles. The van der Waals surface area contributed by atoms with Crippen molar-refractivity contribution in [3.05, 3.63) is 72.1 Å². The van der Waals surface area contributed by atoms with Crippen molar-refractivity contribution >= 4 is 11.5 Å². The minimum atomic E-state index is -0.557. The number of rotatable bonds is 5. The van der Waals surface area contributed by atoms with Gasteiger partial charge in [0.25, 0.3) is 0 Å². The van der Waals surface area contributed by atoms with Gasteiger partial charge in [0.2, 0.25) is 5.91 Å². The number of benzene rings is 2. The number of amides is 1. The fourth-order valence-corrected chi connectivity index (χ4v) is 1.69. The van der Waals surface area contributed by atoms with E-state index in [9.17, 15) is 9.18 Å². The molecule has 20 heavy (non-hydrogen) atoms. The van der Waals surface area contributed by atoms with E-state index in [0.29, 0.717) is 11.3 Å². The molecule has 0 aliphatic carbocycles. The number of carbonyl (C=O) groups is 1. The van der Waals surface area contributed by atoms with Crippen molar-refractivity contribution in [3.63, 3.8) is 0 Å². The Kier molecular flexibility index (Phi) is 4.15. The van der Waals surface area contributed by atoms with Gasteiger partial charge in [-0.3, -0.25) is 4.79 Å². The quantitative estimate of drug-likeness (QED) is 0.850. The van der Waals surface area contributed by atoms with E-state index in [1.54, 1.807) is 36.4 Å². The zero-order valence-corrected chi connectivity index (χ0v) is 10.8. The van der Waals surface area contributed by atoms with Gasteiger partial charge < -0.3 is 10.5 Å². The number of nitrogens with two attached hydrogens (primary N) is 1. The van der Waals surface area contributed by atoms with E-state index in [4.69, 9.17) is 10.5 Å². The van der Waals surface area contributed by atoms with E-state index in [-0.39, 0.29) is 18.0 Å². The highest BCUT2D eigenvalue weighted by atomic mass is 19.1. The Balaban J connectivity index is 2.01. The molecule has 0 fully saturated rings. The van der Waals surface area contributed by atoms with Crippen molar-refractivity contribution in [1.29, 1.82) is 0 Å². The lowest BCUT2D eigenvalue weighted by Crippen LogP contribution is -2.11. The molecule has 0 saturated carbocycles. The largest absolute Gasteiger partial charge is 0.489 e. The summed E-state index contributed by atoms with van der Waals surface area (Å²) < 4.78 is 18.5. The lowest BCUT2D eigenvalue weighted by atomic mass is 10.1. The number of hydrogen-bond acceptors (Lipinski definition) is 2. The third-order valence-corrected chi connectivity index (χ3v) is 2.79. The molecule has 2 aromatic carbocycles. The van der Waals surface area contributed by atoms with Crippen LogP contribution in [-0.4, -0.2) is 5.91 Å². The highest BCUT2D eigenvalue weighted by Gasteiger charge is 2.05. The summed E-state index contributed by atoms with van der Waals surface area (Å²) >= 11 is 0. The van der Waals surface area contributed by atoms with Crippen molar-refractivity contribution in [3.8, 4) is 5.75 Å². The molecule has 0 saturated heterocycles. The van der Waals surface area contributed by atoms with Crippen LogP contribution < -0.4 is 10.5 Å². The Labute approximate surface area is 116 Å². The van der Waals surface area contributed by atoms with E-state index in [1.807, 2.05) is 0 Å². The van der Waals surface area contributed by atoms with E-state index in [2.05, 4.69) is 6.58 Å². The van der Waals surface area contributed by atoms with Crippen LogP contribution in [0.4, 0.5) is 4.39 Å². The Morgan fingerprint density at radius 3 is 2.50 bits per heavy atom. The predicted molar refractivity (Wildman–Crippen MR) is 75.4 cm³/mol. The lowest BCUT2D eigenvalue weighted by Gasteiger charge is -2.07. The number of halogens is 1. The smallest absolute Gasteiger partial charge is 0.248 e. The number of ether oxygens (including phenoxy) is 1. The highest BCUT2D eigenvalue weighted by Crippen LogP contribution is 2.18. The Morgan fingerprint density at radius 1 is 1.20 bits per heavy atom. The molecule has 0 spiro atoms. The molecule has 0 radical (unpaired) electrons. The van der Waals surface area contributed by atoms with Gasteiger partial charge in [0.15, 0.2) is 0 Å². The van der Waals surface area contributed by atoms with Crippen molar-refractivity contribution in [2.75, 3.05) is 0 Å². The second-order valence-corrected chi connectivity index (χ2v) is 4.29. The summed E-state index contributed by atoms with van der Waals surface area (Å²) in [5, 5.41) is 0. The SMILES string of the molecule is C=C(C(N)=O)c1ccc(OCc2cccc(F)c2)cc1. The first-order valence-corrected chi connectivity index (χ1v) is 6.02. The monoisotopic (exact) mass is 271 g/mol. The van der Waals surface area contributed by atoms with Crippen molar-refractivity contribution in [1.82, 2.24) is 0 Å². The van der Waals surface area contributed by atoms with Gasteiger partial charge in [-0.1, -0.05) is 30.8 Å². The van der Waals surface area contributed by atoms with Crippen LogP contribution in [0.15, 0.2) is 55.1 Å². The van der Waals surface area contributed by atoms with Crippen LogP contribution in [0.2, 0.25) is 0 Å². The average Bonchev–Trinajstić information content (AvgIpc) is 2.45. The predicted octanol–water partition coefficient (Wildman–Crippen LogP) is 2.90. The standard InChI is InChI=1S/C16H14FNO2/c1-11(16(18)19)13-5-7-15(8-6-13)20-10-12-3-2-4-14(17)9-12/h2-9H,1,10H2,(H2,18,19). The normalized spacial score (nSPS) is 10.1. The molecule has 0 bridgehead atoms. The third kappa shape index (κ3) is 3.45. The molecule has 1 amide bonds. The first kappa shape index (κ1) is 13.8. The summed E-state index contributed by atoms with van der Waals surface area (Å²) in [6.07, 6.45) is 0. The van der Waals surface area contributed by atoms with Crippen LogP contribution in [0.25, 0.3) is 5.57 Å². The van der Waals surface area contributed by atoms with Crippen LogP contribution in [0.5, 0.6) is 5.75 Å². The zero-order chi connectivity index (χ0) is 14.5. The molecule has 2 rings (SSSR count). The van der Waals surface area contributed by atoms with Crippen LogP contribution in [0.1, 0.15) is 11.1 Å². The van der Waals surface area contributed by atoms with Gasteiger partial charge in [-0.25, -0.2) is 4.39 Å². The van der Waals surface area contributed by atoms with Gasteiger partial charge in [0.05, 0.1) is 0 Å². The maximum absolute atomic E-state index is 13.0. The molecule has 4 heteroatoms. The summed E-state index contributed by atoms with van der Waals surface area (Å²) in [5.74, 6) is -0.229. The molecule has 0 atom stereocenters. The molecule has 3 nitrogen and oxygen atoms in total. The van der Waals surface area contributed by atoms with Crippen LogP contribution >= 0.6 is 0 Å². The van der Waals surface area contributed by atoms with Crippen LogP contribution in [0.3, 0.4) is 0 Å². The molecule has 102 valence electrons. The van der Waals surface area contributed by atoms with Crippen LogP contribution in [-0.2, 0) is 11.4 Å². The van der Waals surface area contributed by atoms with E-state index in [0.717, 1.165) is 5.56 Å². The Hall–Kier alpha value is -2.62. The summed E-state index contributed by atoms with van der Waals surface area (Å²) in [4.78, 5) is 11.0. The van der Waals surface area contributed by atoms with Crippen molar-refractivity contribution in [2.45, 2.75) is 6.61 Å². The second kappa shape index (κ2) is 6.02. The van der Waals surface area contributed by atoms with Gasteiger partial charge in [-0.15, -0.1) is 0 Å². The molecule has 0 aromatic heterocycles. The highest BCUT2D eigenvalue weighted by molar-refractivity contribution is 6.17. The van der Waals surface area contributed by atoms with Gasteiger partial charge in [-0.05, 0) is 35.4 Å². The first-order valence-electron chi connectivity index (χ1n) is 6.02. The Morgan fingerprint density at radius 2 is 1.90 bits per heavy atom. The summed E-state index contributed by atoms with van der Waals surface area (Å²) in [6, 6.07) is 13.0. The summed E-state index contributed by atoms with van der Waals surface area (Å²) in [6.45, 7) is 3.87. The summed E-state index contributed by atoms with van der Waals surface area (Å²) in [5.41, 5.74) is 6.80. The number of primary amides is 1. The van der Waals surface area contributed by atoms with Crippen molar-refractivity contribution in [2.24, 2.45) is 5.73 Å². The summed E-state index contributed by atoms with van der Waals surface area (Å²) in [7, 11) is 0. The zero-order valence-electron chi connectivity index (χ0n) is 10.8. The average molecular weight is 271 g/mol. The molecular weight excluding hydrogens is 257 g/mol. The molecular formula is C16H14FNO2.